The van der Waals surface area contributed by atoms with Gasteiger partial charge in [0.05, 0.1) is 5.69 Å². The van der Waals surface area contributed by atoms with Crippen molar-refractivity contribution in [3.8, 4) is 0 Å². The quantitative estimate of drug-likeness (QED) is 0.942. The zero-order valence-corrected chi connectivity index (χ0v) is 13.4. The molecule has 0 radical (unpaired) electrons. The van der Waals surface area contributed by atoms with Crippen molar-refractivity contribution in [3.05, 3.63) is 57.0 Å². The zero-order chi connectivity index (χ0) is 15.8. The standard InChI is InChI=1S/C14H15ClN2O3S/c1-9-4-10(2)6-11(5-9)17(3)21(19,20)12-7-13(15)14(18)16-8-12/h4-8H,1-3H3,(H,16,18). The van der Waals surface area contributed by atoms with Crippen LogP contribution in [0.15, 0.2) is 40.2 Å². The third kappa shape index (κ3) is 3.11. The third-order valence-electron chi connectivity index (χ3n) is 3.06. The van der Waals surface area contributed by atoms with Crippen molar-refractivity contribution in [3.63, 3.8) is 0 Å². The molecule has 0 unspecified atom stereocenters. The van der Waals surface area contributed by atoms with Crippen LogP contribution in [-0.2, 0) is 10.0 Å². The van der Waals surface area contributed by atoms with Crippen molar-refractivity contribution in [2.75, 3.05) is 11.4 Å². The molecule has 5 nitrogen and oxygen atoms in total. The number of hydrogen-bond acceptors (Lipinski definition) is 3. The van der Waals surface area contributed by atoms with Gasteiger partial charge in [0.25, 0.3) is 15.6 Å². The molecule has 1 heterocycles. The molecule has 0 aliphatic carbocycles. The summed E-state index contributed by atoms with van der Waals surface area (Å²) in [6, 6.07) is 6.66. The van der Waals surface area contributed by atoms with Crippen LogP contribution < -0.4 is 9.86 Å². The van der Waals surface area contributed by atoms with Crippen LogP contribution in [0.3, 0.4) is 0 Å². The molecule has 0 atom stereocenters. The van der Waals surface area contributed by atoms with E-state index in [1.807, 2.05) is 19.9 Å². The molecule has 0 fully saturated rings. The Balaban J connectivity index is 2.52. The van der Waals surface area contributed by atoms with Crippen LogP contribution in [0.2, 0.25) is 5.02 Å². The number of pyridine rings is 1. The predicted molar refractivity (Wildman–Crippen MR) is 83.6 cm³/mol. The van der Waals surface area contributed by atoms with E-state index in [1.165, 1.54) is 7.05 Å². The van der Waals surface area contributed by atoms with Crippen LogP contribution in [-0.4, -0.2) is 20.4 Å². The molecule has 0 amide bonds. The number of nitrogens with zero attached hydrogens (tertiary/aromatic N) is 1. The monoisotopic (exact) mass is 326 g/mol. The fourth-order valence-corrected chi connectivity index (χ4v) is 3.43. The lowest BCUT2D eigenvalue weighted by molar-refractivity contribution is 0.594. The van der Waals surface area contributed by atoms with Crippen molar-refractivity contribution in [2.24, 2.45) is 0 Å². The number of rotatable bonds is 3. The van der Waals surface area contributed by atoms with Crippen LogP contribution in [0, 0.1) is 13.8 Å². The first kappa shape index (κ1) is 15.6. The number of anilines is 1. The van der Waals surface area contributed by atoms with Gasteiger partial charge in [-0.3, -0.25) is 9.10 Å². The number of sulfonamides is 1. The SMILES string of the molecule is Cc1cc(C)cc(N(C)S(=O)(=O)c2c[nH]c(=O)c(Cl)c2)c1. The number of aromatic amines is 1. The van der Waals surface area contributed by atoms with E-state index in [0.29, 0.717) is 5.69 Å². The van der Waals surface area contributed by atoms with E-state index in [0.717, 1.165) is 27.7 Å². The highest BCUT2D eigenvalue weighted by Gasteiger charge is 2.22. The van der Waals surface area contributed by atoms with Crippen LogP contribution in [0.25, 0.3) is 0 Å². The average molecular weight is 327 g/mol. The first-order chi connectivity index (χ1) is 9.71. The Bertz CT molecular complexity index is 823. The van der Waals surface area contributed by atoms with Crippen LogP contribution in [0.4, 0.5) is 5.69 Å². The Morgan fingerprint density at radius 2 is 1.67 bits per heavy atom. The molecule has 1 aromatic carbocycles. The summed E-state index contributed by atoms with van der Waals surface area (Å²) >= 11 is 5.69. The van der Waals surface area contributed by atoms with Gasteiger partial charge >= 0.3 is 0 Å². The molecule has 1 N–H and O–H groups in total. The Kier molecular flexibility index (Phi) is 4.11. The second kappa shape index (κ2) is 5.54. The summed E-state index contributed by atoms with van der Waals surface area (Å²) in [5.74, 6) is 0. The maximum Gasteiger partial charge on any atom is 0.266 e. The van der Waals surface area contributed by atoms with Gasteiger partial charge in [0.15, 0.2) is 0 Å². The Morgan fingerprint density at radius 1 is 1.10 bits per heavy atom. The van der Waals surface area contributed by atoms with Crippen molar-refractivity contribution in [2.45, 2.75) is 18.7 Å². The van der Waals surface area contributed by atoms with Gasteiger partial charge in [-0.05, 0) is 43.2 Å². The molecule has 0 saturated heterocycles. The fraction of sp³-hybridized carbons (Fsp3) is 0.214. The van der Waals surface area contributed by atoms with E-state index < -0.39 is 15.6 Å². The largest absolute Gasteiger partial charge is 0.326 e. The number of H-pyrrole nitrogens is 1. The first-order valence-corrected chi connectivity index (χ1v) is 7.99. The maximum atomic E-state index is 12.6. The minimum atomic E-state index is -3.79. The highest BCUT2D eigenvalue weighted by atomic mass is 35.5. The van der Waals surface area contributed by atoms with Gasteiger partial charge in [-0.2, -0.15) is 0 Å². The molecular weight excluding hydrogens is 312 g/mol. The van der Waals surface area contributed by atoms with E-state index in [1.54, 1.807) is 12.1 Å². The van der Waals surface area contributed by atoms with E-state index in [2.05, 4.69) is 4.98 Å². The Labute approximate surface area is 128 Å². The van der Waals surface area contributed by atoms with Gasteiger partial charge in [0.2, 0.25) is 0 Å². The zero-order valence-electron chi connectivity index (χ0n) is 11.8. The molecule has 0 aliphatic heterocycles. The molecule has 0 saturated carbocycles. The summed E-state index contributed by atoms with van der Waals surface area (Å²) in [5, 5.41) is -0.162. The summed E-state index contributed by atoms with van der Waals surface area (Å²) in [6.07, 6.45) is 1.14. The molecule has 2 rings (SSSR count). The number of nitrogens with one attached hydrogen (secondary N) is 1. The Morgan fingerprint density at radius 3 is 2.19 bits per heavy atom. The highest BCUT2D eigenvalue weighted by molar-refractivity contribution is 7.92. The second-order valence-corrected chi connectivity index (χ2v) is 7.21. The van der Waals surface area contributed by atoms with Gasteiger partial charge in [-0.25, -0.2) is 8.42 Å². The lowest BCUT2D eigenvalue weighted by Crippen LogP contribution is -2.27. The molecule has 2 aromatic rings. The van der Waals surface area contributed by atoms with Gasteiger partial charge < -0.3 is 4.98 Å². The number of aromatic nitrogens is 1. The second-order valence-electron chi connectivity index (χ2n) is 4.83. The fourth-order valence-electron chi connectivity index (χ4n) is 2.02. The predicted octanol–water partition coefficient (Wildman–Crippen LogP) is 2.47. The molecule has 21 heavy (non-hydrogen) atoms. The Hall–Kier alpha value is -1.79. The lowest BCUT2D eigenvalue weighted by atomic mass is 10.1. The summed E-state index contributed by atoms with van der Waals surface area (Å²) in [6.45, 7) is 3.79. The molecular formula is C14H15ClN2O3S. The van der Waals surface area contributed by atoms with Crippen molar-refractivity contribution >= 4 is 27.3 Å². The molecule has 7 heteroatoms. The normalized spacial score (nSPS) is 11.4. The molecule has 0 aliphatic rings. The minimum absolute atomic E-state index is 0.0613. The van der Waals surface area contributed by atoms with E-state index >= 15 is 0 Å². The lowest BCUT2D eigenvalue weighted by Gasteiger charge is -2.20. The maximum absolute atomic E-state index is 12.6. The van der Waals surface area contributed by atoms with Gasteiger partial charge in [-0.15, -0.1) is 0 Å². The topological polar surface area (TPSA) is 70.2 Å². The van der Waals surface area contributed by atoms with Crippen LogP contribution in [0.5, 0.6) is 0 Å². The summed E-state index contributed by atoms with van der Waals surface area (Å²) < 4.78 is 26.3. The molecule has 0 bridgehead atoms. The number of aryl methyl sites for hydroxylation is 2. The number of benzene rings is 1. The molecule has 1 aromatic heterocycles. The summed E-state index contributed by atoms with van der Waals surface area (Å²) in [4.78, 5) is 13.5. The smallest absolute Gasteiger partial charge is 0.266 e. The number of hydrogen-bond donors (Lipinski definition) is 1. The van der Waals surface area contributed by atoms with E-state index in [4.69, 9.17) is 11.6 Å². The van der Waals surface area contributed by atoms with Gasteiger partial charge in [0, 0.05) is 13.2 Å². The average Bonchev–Trinajstić information content (AvgIpc) is 2.39. The van der Waals surface area contributed by atoms with Crippen molar-refractivity contribution in [1.82, 2.24) is 4.98 Å². The van der Waals surface area contributed by atoms with E-state index in [9.17, 15) is 13.2 Å². The van der Waals surface area contributed by atoms with Gasteiger partial charge in [-0.1, -0.05) is 17.7 Å². The first-order valence-electron chi connectivity index (χ1n) is 6.17. The summed E-state index contributed by atoms with van der Waals surface area (Å²) in [5.41, 5.74) is 1.96. The molecule has 112 valence electrons. The van der Waals surface area contributed by atoms with Crippen LogP contribution in [0.1, 0.15) is 11.1 Å². The van der Waals surface area contributed by atoms with Crippen molar-refractivity contribution < 1.29 is 8.42 Å². The minimum Gasteiger partial charge on any atom is -0.326 e. The summed E-state index contributed by atoms with van der Waals surface area (Å²) in [7, 11) is -2.33. The molecule has 0 spiro atoms. The van der Waals surface area contributed by atoms with Crippen LogP contribution >= 0.6 is 11.6 Å². The van der Waals surface area contributed by atoms with Crippen molar-refractivity contribution in [1.29, 1.82) is 0 Å². The van der Waals surface area contributed by atoms with Gasteiger partial charge in [0.1, 0.15) is 9.92 Å². The van der Waals surface area contributed by atoms with E-state index in [-0.39, 0.29) is 9.92 Å². The number of halogens is 1. The third-order valence-corrected chi connectivity index (χ3v) is 5.10. The highest BCUT2D eigenvalue weighted by Crippen LogP contribution is 2.24.